The molecule has 1 unspecified atom stereocenters. The average Bonchev–Trinajstić information content (AvgIpc) is 3.30. The number of nitrogens with one attached hydrogen (secondary N) is 1. The van der Waals surface area contributed by atoms with Crippen LogP contribution in [0.1, 0.15) is 28.8 Å². The number of nitrogens with zero attached hydrogens (tertiary/aromatic N) is 2. The van der Waals surface area contributed by atoms with Gasteiger partial charge in [-0.05, 0) is 42.7 Å². The molecule has 0 spiro atoms. The number of para-hydroxylation sites is 1. The first kappa shape index (κ1) is 17.2. The maximum absolute atomic E-state index is 13.3. The summed E-state index contributed by atoms with van der Waals surface area (Å²) in [6.45, 7) is 0.892. The van der Waals surface area contributed by atoms with Crippen molar-refractivity contribution < 1.29 is 14.4 Å². The number of benzene rings is 3. The van der Waals surface area contributed by atoms with Gasteiger partial charge in [0, 0.05) is 35.1 Å². The fourth-order valence-corrected chi connectivity index (χ4v) is 5.05. The Labute approximate surface area is 173 Å². The Kier molecular flexibility index (Phi) is 3.53. The smallest absolute Gasteiger partial charge is 0.259 e. The van der Waals surface area contributed by atoms with Crippen LogP contribution in [0, 0.1) is 0 Å². The Bertz CT molecular complexity index is 1270. The summed E-state index contributed by atoms with van der Waals surface area (Å²) in [5.41, 5.74) is 4.95. The van der Waals surface area contributed by atoms with E-state index in [2.05, 4.69) is 28.4 Å². The predicted molar refractivity (Wildman–Crippen MR) is 114 cm³/mol. The Morgan fingerprint density at radius 3 is 2.53 bits per heavy atom. The van der Waals surface area contributed by atoms with Gasteiger partial charge in [-0.2, -0.15) is 0 Å². The van der Waals surface area contributed by atoms with Crippen LogP contribution >= 0.6 is 0 Å². The number of carbonyl (C=O) groups excluding carboxylic acids is 3. The highest BCUT2D eigenvalue weighted by Crippen LogP contribution is 2.45. The lowest BCUT2D eigenvalue weighted by atomic mass is 10.0. The Morgan fingerprint density at radius 2 is 1.67 bits per heavy atom. The van der Waals surface area contributed by atoms with Gasteiger partial charge in [0.2, 0.25) is 11.8 Å². The van der Waals surface area contributed by atoms with E-state index in [1.165, 1.54) is 11.3 Å². The van der Waals surface area contributed by atoms with E-state index >= 15 is 0 Å². The van der Waals surface area contributed by atoms with Crippen molar-refractivity contribution >= 4 is 45.6 Å². The van der Waals surface area contributed by atoms with E-state index in [0.717, 1.165) is 35.1 Å². The number of hydrogen-bond donors (Lipinski definition) is 1. The molecule has 0 bridgehead atoms. The summed E-state index contributed by atoms with van der Waals surface area (Å²) in [5, 5.41) is 4.26. The van der Waals surface area contributed by atoms with E-state index in [-0.39, 0.29) is 18.2 Å². The van der Waals surface area contributed by atoms with Crippen LogP contribution in [0.25, 0.3) is 10.8 Å². The number of piperidine rings is 1. The number of hydrogen-bond acceptors (Lipinski definition) is 4. The average molecular weight is 397 g/mol. The predicted octanol–water partition coefficient (Wildman–Crippen LogP) is 3.30. The highest BCUT2D eigenvalue weighted by atomic mass is 16.2. The van der Waals surface area contributed by atoms with Gasteiger partial charge in [0.05, 0.1) is 11.3 Å². The molecule has 3 aliphatic heterocycles. The van der Waals surface area contributed by atoms with Crippen LogP contribution in [0.2, 0.25) is 0 Å². The minimum absolute atomic E-state index is 0.177. The highest BCUT2D eigenvalue weighted by molar-refractivity contribution is 6.28. The molecule has 6 nitrogen and oxygen atoms in total. The van der Waals surface area contributed by atoms with Crippen LogP contribution < -0.4 is 15.1 Å². The Balaban J connectivity index is 1.50. The van der Waals surface area contributed by atoms with Crippen LogP contribution in [0.15, 0.2) is 54.6 Å². The maximum atomic E-state index is 13.3. The summed E-state index contributed by atoms with van der Waals surface area (Å²) in [4.78, 5) is 41.2. The van der Waals surface area contributed by atoms with Crippen LogP contribution in [0.4, 0.5) is 17.1 Å². The van der Waals surface area contributed by atoms with Crippen molar-refractivity contribution in [2.45, 2.75) is 25.3 Å². The second-order valence-corrected chi connectivity index (χ2v) is 8.00. The summed E-state index contributed by atoms with van der Waals surface area (Å²) in [6, 6.07) is 17.5. The molecule has 3 aromatic carbocycles. The third kappa shape index (κ3) is 2.27. The van der Waals surface area contributed by atoms with Gasteiger partial charge in [-0.3, -0.25) is 24.6 Å². The van der Waals surface area contributed by atoms with E-state index in [1.54, 1.807) is 4.90 Å². The monoisotopic (exact) mass is 397 g/mol. The van der Waals surface area contributed by atoms with E-state index in [1.807, 2.05) is 36.4 Å². The van der Waals surface area contributed by atoms with Crippen LogP contribution in [-0.4, -0.2) is 30.3 Å². The molecule has 148 valence electrons. The SMILES string of the molecule is O=C1CCC(N2C(=O)c3ccc(N4CCc5ccccc54)c4cccc2c34)C(=O)N1. The molecule has 1 fully saturated rings. The molecule has 30 heavy (non-hydrogen) atoms. The molecule has 1 saturated heterocycles. The van der Waals surface area contributed by atoms with Crippen molar-refractivity contribution in [2.24, 2.45) is 0 Å². The third-order valence-electron chi connectivity index (χ3n) is 6.40. The number of anilines is 3. The Morgan fingerprint density at radius 1 is 0.833 bits per heavy atom. The second kappa shape index (κ2) is 6.16. The minimum atomic E-state index is -0.663. The molecule has 6 heteroatoms. The molecule has 1 N–H and O–H groups in total. The molecule has 0 aromatic heterocycles. The number of amides is 3. The van der Waals surface area contributed by atoms with Crippen molar-refractivity contribution in [1.29, 1.82) is 0 Å². The third-order valence-corrected chi connectivity index (χ3v) is 6.40. The molecule has 3 heterocycles. The molecule has 6 rings (SSSR count). The highest BCUT2D eigenvalue weighted by Gasteiger charge is 2.41. The lowest BCUT2D eigenvalue weighted by molar-refractivity contribution is -0.134. The maximum Gasteiger partial charge on any atom is 0.259 e. The topological polar surface area (TPSA) is 69.7 Å². The molecule has 1 atom stereocenters. The van der Waals surface area contributed by atoms with Crippen LogP contribution in [0.5, 0.6) is 0 Å². The summed E-state index contributed by atoms with van der Waals surface area (Å²) >= 11 is 0. The van der Waals surface area contributed by atoms with Crippen LogP contribution in [0.3, 0.4) is 0 Å². The van der Waals surface area contributed by atoms with E-state index in [9.17, 15) is 14.4 Å². The lowest BCUT2D eigenvalue weighted by Crippen LogP contribution is -2.53. The minimum Gasteiger partial charge on any atom is -0.340 e. The first-order valence-electron chi connectivity index (χ1n) is 10.2. The van der Waals surface area contributed by atoms with Crippen molar-refractivity contribution in [1.82, 2.24) is 5.32 Å². The molecular weight excluding hydrogens is 378 g/mol. The second-order valence-electron chi connectivity index (χ2n) is 8.00. The van der Waals surface area contributed by atoms with Crippen molar-refractivity contribution in [3.8, 4) is 0 Å². The molecule has 0 radical (unpaired) electrons. The van der Waals surface area contributed by atoms with Crippen LogP contribution in [-0.2, 0) is 16.0 Å². The number of imide groups is 1. The number of carbonyl (C=O) groups is 3. The Hall–Kier alpha value is -3.67. The van der Waals surface area contributed by atoms with Crippen molar-refractivity contribution in [2.75, 3.05) is 16.3 Å². The summed E-state index contributed by atoms with van der Waals surface area (Å²) < 4.78 is 0. The van der Waals surface area contributed by atoms with Gasteiger partial charge in [0.1, 0.15) is 6.04 Å². The molecule has 3 amide bonds. The summed E-state index contributed by atoms with van der Waals surface area (Å²) in [6.07, 6.45) is 1.57. The fourth-order valence-electron chi connectivity index (χ4n) is 5.05. The van der Waals surface area contributed by atoms with Gasteiger partial charge in [0.15, 0.2) is 0 Å². The van der Waals surface area contributed by atoms with Gasteiger partial charge in [-0.15, -0.1) is 0 Å². The quantitative estimate of drug-likeness (QED) is 0.674. The van der Waals surface area contributed by atoms with Gasteiger partial charge >= 0.3 is 0 Å². The first-order valence-corrected chi connectivity index (χ1v) is 10.2. The molecule has 3 aromatic rings. The molecule has 0 aliphatic carbocycles. The van der Waals surface area contributed by atoms with Crippen molar-refractivity contribution in [3.63, 3.8) is 0 Å². The van der Waals surface area contributed by atoms with Gasteiger partial charge < -0.3 is 4.90 Å². The lowest BCUT2D eigenvalue weighted by Gasteiger charge is -2.30. The van der Waals surface area contributed by atoms with E-state index in [4.69, 9.17) is 0 Å². The zero-order valence-corrected chi connectivity index (χ0v) is 16.2. The standard InChI is InChI=1S/C24H19N3O3/c28-21-11-10-20(23(29)25-21)27-19-7-3-5-15-18(9-8-16(22(15)19)24(27)30)26-13-12-14-4-1-2-6-17(14)26/h1-9,20H,10-13H2,(H,25,28,29). The largest absolute Gasteiger partial charge is 0.340 e. The van der Waals surface area contributed by atoms with Crippen molar-refractivity contribution in [3.05, 3.63) is 65.7 Å². The fraction of sp³-hybridized carbons (Fsp3) is 0.208. The first-order chi connectivity index (χ1) is 14.6. The number of fused-ring (bicyclic) bond motifs is 1. The zero-order valence-electron chi connectivity index (χ0n) is 16.2. The number of rotatable bonds is 2. The molecule has 0 saturated carbocycles. The van der Waals surface area contributed by atoms with E-state index in [0.29, 0.717) is 12.0 Å². The van der Waals surface area contributed by atoms with E-state index < -0.39 is 11.9 Å². The summed E-state index contributed by atoms with van der Waals surface area (Å²) in [7, 11) is 0. The molecular formula is C24H19N3O3. The van der Waals surface area contributed by atoms with Gasteiger partial charge in [-0.1, -0.05) is 30.3 Å². The summed E-state index contributed by atoms with van der Waals surface area (Å²) in [5.74, 6) is -0.865. The van der Waals surface area contributed by atoms with Gasteiger partial charge in [0.25, 0.3) is 5.91 Å². The molecule has 3 aliphatic rings. The normalized spacial score (nSPS) is 20.1. The van der Waals surface area contributed by atoms with Gasteiger partial charge in [-0.25, -0.2) is 0 Å². The zero-order chi connectivity index (χ0) is 20.4.